The van der Waals surface area contributed by atoms with Crippen molar-refractivity contribution in [2.45, 2.75) is 22.5 Å². The summed E-state index contributed by atoms with van der Waals surface area (Å²) in [6.07, 6.45) is 0. The van der Waals surface area contributed by atoms with Gasteiger partial charge in [0.15, 0.2) is 8.68 Å². The molecule has 158 valence electrons. The van der Waals surface area contributed by atoms with Gasteiger partial charge in [-0.2, -0.15) is 0 Å². The Balaban J connectivity index is 1.51. The first kappa shape index (κ1) is 22.5. The third kappa shape index (κ3) is 6.39. The molecule has 0 spiro atoms. The zero-order valence-corrected chi connectivity index (χ0v) is 19.3. The van der Waals surface area contributed by atoms with Crippen molar-refractivity contribution in [1.82, 2.24) is 20.4 Å². The van der Waals surface area contributed by atoms with Gasteiger partial charge in [-0.25, -0.2) is 0 Å². The molecule has 0 fully saturated rings. The summed E-state index contributed by atoms with van der Waals surface area (Å²) in [5.41, 5.74) is 0.417. The lowest BCUT2D eigenvalue weighted by atomic mass is 10.2. The van der Waals surface area contributed by atoms with Crippen molar-refractivity contribution in [3.8, 4) is 5.75 Å². The van der Waals surface area contributed by atoms with Crippen LogP contribution in [-0.4, -0.2) is 50.3 Å². The van der Waals surface area contributed by atoms with Gasteiger partial charge in [-0.05, 0) is 24.8 Å². The van der Waals surface area contributed by atoms with E-state index in [1.165, 1.54) is 34.4 Å². The van der Waals surface area contributed by atoms with Crippen LogP contribution in [0.1, 0.15) is 24.2 Å². The van der Waals surface area contributed by atoms with Crippen LogP contribution in [0.15, 0.2) is 32.9 Å². The van der Waals surface area contributed by atoms with E-state index in [0.29, 0.717) is 32.5 Å². The van der Waals surface area contributed by atoms with Gasteiger partial charge in [-0.3, -0.25) is 20.2 Å². The maximum absolute atomic E-state index is 12.5. The Hall–Kier alpha value is -2.22. The molecule has 0 aliphatic carbocycles. The lowest BCUT2D eigenvalue weighted by molar-refractivity contribution is -0.113. The molecule has 3 rings (SSSR count). The number of carbonyl (C=O) groups is 2. The standard InChI is InChI=1S/C17H18N6O3S4/c1-3-26-11-8-6-5-7-10(11)13(25)19-15-21-23-17(30-15)28-9-12(24)18-14-20-22-16(29-14)27-4-2/h5-8H,3-4,9H2,1-2H3,(H,18,20,24)(H,19,21,25). The Morgan fingerprint density at radius 3 is 2.33 bits per heavy atom. The van der Waals surface area contributed by atoms with Crippen LogP contribution in [0.4, 0.5) is 10.3 Å². The molecule has 0 aliphatic heterocycles. The molecule has 2 amide bonds. The van der Waals surface area contributed by atoms with Crippen molar-refractivity contribution in [3.63, 3.8) is 0 Å². The minimum atomic E-state index is -0.332. The van der Waals surface area contributed by atoms with E-state index >= 15 is 0 Å². The molecule has 0 bridgehead atoms. The van der Waals surface area contributed by atoms with Crippen molar-refractivity contribution >= 4 is 68.3 Å². The first-order valence-corrected chi connectivity index (χ1v) is 12.4. The fourth-order valence-electron chi connectivity index (χ4n) is 2.14. The van der Waals surface area contributed by atoms with Gasteiger partial charge in [0.2, 0.25) is 16.2 Å². The largest absolute Gasteiger partial charge is 0.493 e. The molecular weight excluding hydrogens is 464 g/mol. The Kier molecular flexibility index (Phi) is 8.42. The number of amides is 2. The van der Waals surface area contributed by atoms with E-state index in [2.05, 4.69) is 31.0 Å². The van der Waals surface area contributed by atoms with Crippen molar-refractivity contribution in [2.24, 2.45) is 0 Å². The van der Waals surface area contributed by atoms with Crippen LogP contribution < -0.4 is 15.4 Å². The molecule has 30 heavy (non-hydrogen) atoms. The van der Waals surface area contributed by atoms with Crippen LogP contribution in [0.25, 0.3) is 0 Å². The van der Waals surface area contributed by atoms with E-state index in [1.54, 1.807) is 36.0 Å². The smallest absolute Gasteiger partial charge is 0.261 e. The predicted molar refractivity (Wildman–Crippen MR) is 121 cm³/mol. The Labute approximate surface area is 189 Å². The summed E-state index contributed by atoms with van der Waals surface area (Å²) in [7, 11) is 0. The number of ether oxygens (including phenoxy) is 1. The van der Waals surface area contributed by atoms with Gasteiger partial charge in [0.05, 0.1) is 17.9 Å². The lowest BCUT2D eigenvalue weighted by Gasteiger charge is -2.08. The second-order valence-electron chi connectivity index (χ2n) is 5.40. The normalized spacial score (nSPS) is 10.6. The van der Waals surface area contributed by atoms with Gasteiger partial charge in [-0.1, -0.05) is 65.3 Å². The van der Waals surface area contributed by atoms with E-state index in [9.17, 15) is 9.59 Å². The summed E-state index contributed by atoms with van der Waals surface area (Å²) in [6, 6.07) is 6.98. The third-order valence-corrected chi connectivity index (χ3v) is 7.13. The number of para-hydroxylation sites is 1. The van der Waals surface area contributed by atoms with Gasteiger partial charge in [0.25, 0.3) is 5.91 Å². The first-order chi connectivity index (χ1) is 14.6. The Morgan fingerprint density at radius 2 is 1.63 bits per heavy atom. The number of aromatic nitrogens is 4. The second-order valence-corrected chi connectivity index (χ2v) is 10.1. The van der Waals surface area contributed by atoms with Gasteiger partial charge in [0.1, 0.15) is 5.75 Å². The number of rotatable bonds is 10. The van der Waals surface area contributed by atoms with E-state index < -0.39 is 0 Å². The highest BCUT2D eigenvalue weighted by atomic mass is 32.2. The number of benzene rings is 1. The van der Waals surface area contributed by atoms with Gasteiger partial charge in [-0.15, -0.1) is 20.4 Å². The Bertz CT molecular complexity index is 1010. The van der Waals surface area contributed by atoms with E-state index in [1.807, 2.05) is 13.8 Å². The van der Waals surface area contributed by atoms with Crippen LogP contribution in [0.2, 0.25) is 0 Å². The maximum Gasteiger partial charge on any atom is 0.261 e. The highest BCUT2D eigenvalue weighted by molar-refractivity contribution is 8.01. The van der Waals surface area contributed by atoms with Crippen LogP contribution in [-0.2, 0) is 4.79 Å². The highest BCUT2D eigenvalue weighted by Gasteiger charge is 2.15. The predicted octanol–water partition coefficient (Wildman–Crippen LogP) is 3.88. The highest BCUT2D eigenvalue weighted by Crippen LogP contribution is 2.28. The SMILES string of the molecule is CCOc1ccccc1C(=O)Nc1nnc(SCC(=O)Nc2nnc(SCC)s2)s1. The first-order valence-electron chi connectivity index (χ1n) is 8.84. The topological polar surface area (TPSA) is 119 Å². The van der Waals surface area contributed by atoms with Crippen LogP contribution in [0, 0.1) is 0 Å². The van der Waals surface area contributed by atoms with Crippen molar-refractivity contribution in [3.05, 3.63) is 29.8 Å². The molecule has 13 heteroatoms. The molecule has 0 radical (unpaired) electrons. The number of thioether (sulfide) groups is 2. The van der Waals surface area contributed by atoms with Crippen molar-refractivity contribution in [1.29, 1.82) is 0 Å². The zero-order chi connectivity index (χ0) is 21.3. The summed E-state index contributed by atoms with van der Waals surface area (Å²) >= 11 is 5.33. The minimum Gasteiger partial charge on any atom is -0.493 e. The fourth-order valence-corrected chi connectivity index (χ4v) is 5.36. The van der Waals surface area contributed by atoms with Crippen molar-refractivity contribution in [2.75, 3.05) is 28.7 Å². The van der Waals surface area contributed by atoms with E-state index in [4.69, 9.17) is 4.74 Å². The molecule has 0 atom stereocenters. The molecule has 2 N–H and O–H groups in total. The maximum atomic E-state index is 12.5. The van der Waals surface area contributed by atoms with E-state index in [-0.39, 0.29) is 17.6 Å². The number of hydrogen-bond donors (Lipinski definition) is 2. The molecule has 1 aromatic carbocycles. The number of carbonyl (C=O) groups excluding carboxylic acids is 2. The van der Waals surface area contributed by atoms with Crippen LogP contribution in [0.3, 0.4) is 0 Å². The monoisotopic (exact) mass is 482 g/mol. The van der Waals surface area contributed by atoms with Crippen molar-refractivity contribution < 1.29 is 14.3 Å². The molecule has 0 saturated carbocycles. The molecule has 0 unspecified atom stereocenters. The van der Waals surface area contributed by atoms with E-state index in [0.717, 1.165) is 10.1 Å². The summed E-state index contributed by atoms with van der Waals surface area (Å²) in [5, 5.41) is 22.1. The fraction of sp³-hybridized carbons (Fsp3) is 0.294. The Morgan fingerprint density at radius 1 is 0.967 bits per heavy atom. The van der Waals surface area contributed by atoms with Gasteiger partial charge < -0.3 is 4.74 Å². The molecule has 0 saturated heterocycles. The molecule has 0 aliphatic rings. The van der Waals surface area contributed by atoms with Crippen LogP contribution >= 0.6 is 46.2 Å². The molecule has 3 aromatic rings. The number of nitrogens with one attached hydrogen (secondary N) is 2. The van der Waals surface area contributed by atoms with Crippen LogP contribution in [0.5, 0.6) is 5.75 Å². The third-order valence-electron chi connectivity index (χ3n) is 3.31. The summed E-state index contributed by atoms with van der Waals surface area (Å²) < 4.78 is 6.86. The lowest BCUT2D eigenvalue weighted by Crippen LogP contribution is -2.13. The summed E-state index contributed by atoms with van der Waals surface area (Å²) in [6.45, 7) is 4.34. The minimum absolute atomic E-state index is 0.144. The number of hydrogen-bond acceptors (Lipinski definition) is 11. The second kappa shape index (κ2) is 11.2. The average Bonchev–Trinajstić information content (AvgIpc) is 3.37. The average molecular weight is 483 g/mol. The molecule has 2 aromatic heterocycles. The van der Waals surface area contributed by atoms with Gasteiger partial charge in [0, 0.05) is 0 Å². The number of nitrogens with zero attached hydrogens (tertiary/aromatic N) is 4. The summed E-state index contributed by atoms with van der Waals surface area (Å²) in [5.74, 6) is 1.000. The molecular formula is C17H18N6O3S4. The summed E-state index contributed by atoms with van der Waals surface area (Å²) in [4.78, 5) is 24.6. The molecule has 2 heterocycles. The van der Waals surface area contributed by atoms with Gasteiger partial charge >= 0.3 is 0 Å². The zero-order valence-electron chi connectivity index (χ0n) is 16.1. The molecule has 9 nitrogen and oxygen atoms in total. The number of anilines is 2. The quantitative estimate of drug-likeness (QED) is 0.328.